The van der Waals surface area contributed by atoms with Crippen LogP contribution in [-0.4, -0.2) is 32.2 Å². The van der Waals surface area contributed by atoms with Crippen LogP contribution in [0.25, 0.3) is 21.5 Å². The first-order valence-electron chi connectivity index (χ1n) is 7.69. The number of carboxylic acid groups (broad SMARTS) is 1. The quantitative estimate of drug-likeness (QED) is 0.421. The number of hydrogen-bond donors (Lipinski definition) is 4. The number of carboxylic acids is 1. The second-order valence-corrected chi connectivity index (χ2v) is 5.98. The lowest BCUT2D eigenvalue weighted by Gasteiger charge is -2.15. The van der Waals surface area contributed by atoms with Gasteiger partial charge in [0.1, 0.15) is 17.2 Å². The van der Waals surface area contributed by atoms with Gasteiger partial charge in [-0.2, -0.15) is 0 Å². The highest BCUT2D eigenvalue weighted by Gasteiger charge is 2.23. The molecule has 0 spiro atoms. The maximum Gasteiger partial charge on any atom is 0.336 e. The average molecular weight is 348 g/mol. The SMILES string of the molecule is O=C(O)c1ccc(O)cc1C(=O)c1ccc(O)c2c3ccc(c(O)c3)c12. The molecule has 0 heterocycles. The molecule has 6 heteroatoms. The summed E-state index contributed by atoms with van der Waals surface area (Å²) in [6.45, 7) is 0. The van der Waals surface area contributed by atoms with E-state index in [1.807, 2.05) is 0 Å². The standard InChI is InChI=1S/C20H12O6/c21-10-2-4-11(20(25)26)14(8-10)19(24)13-5-6-15(22)17-9-1-3-12(18(13)17)16(23)7-9/h1-8,21-23H,(H,25,26). The van der Waals surface area contributed by atoms with Crippen molar-refractivity contribution >= 4 is 33.3 Å². The molecule has 128 valence electrons. The van der Waals surface area contributed by atoms with Crippen LogP contribution < -0.4 is 0 Å². The van der Waals surface area contributed by atoms with E-state index in [4.69, 9.17) is 0 Å². The summed E-state index contributed by atoms with van der Waals surface area (Å²) in [5, 5.41) is 41.0. The number of phenolic OH excluding ortho intramolecular Hbond substituents is 3. The minimum absolute atomic E-state index is 0.0379. The third-order valence-corrected chi connectivity index (χ3v) is 4.46. The largest absolute Gasteiger partial charge is 0.508 e. The number of benzene rings is 5. The molecule has 0 aliphatic heterocycles. The van der Waals surface area contributed by atoms with Crippen molar-refractivity contribution in [1.29, 1.82) is 0 Å². The summed E-state index contributed by atoms with van der Waals surface area (Å²) in [7, 11) is 0. The minimum Gasteiger partial charge on any atom is -0.508 e. The third kappa shape index (κ3) is 2.12. The molecule has 0 aliphatic carbocycles. The summed E-state index contributed by atoms with van der Waals surface area (Å²) in [5.41, 5.74) is -0.296. The van der Waals surface area contributed by atoms with E-state index in [-0.39, 0.29) is 33.9 Å². The highest BCUT2D eigenvalue weighted by Crippen LogP contribution is 2.42. The number of carbonyl (C=O) groups excluding carboxylic acids is 1. The van der Waals surface area contributed by atoms with Crippen molar-refractivity contribution in [1.82, 2.24) is 0 Å². The van der Waals surface area contributed by atoms with Gasteiger partial charge in [-0.25, -0.2) is 4.79 Å². The van der Waals surface area contributed by atoms with Crippen molar-refractivity contribution in [3.8, 4) is 17.2 Å². The summed E-state index contributed by atoms with van der Waals surface area (Å²) in [6.07, 6.45) is 0. The third-order valence-electron chi connectivity index (χ3n) is 4.46. The lowest BCUT2D eigenvalue weighted by molar-refractivity contribution is 0.0692. The Bertz CT molecular complexity index is 1210. The number of carbonyl (C=O) groups is 2. The van der Waals surface area contributed by atoms with Crippen molar-refractivity contribution in [3.63, 3.8) is 0 Å². The van der Waals surface area contributed by atoms with Gasteiger partial charge in [-0.15, -0.1) is 0 Å². The van der Waals surface area contributed by atoms with E-state index in [9.17, 15) is 30.0 Å². The number of ketones is 1. The van der Waals surface area contributed by atoms with E-state index >= 15 is 0 Å². The maximum absolute atomic E-state index is 13.1. The number of phenols is 4. The molecule has 0 amide bonds. The van der Waals surface area contributed by atoms with Gasteiger partial charge in [0.05, 0.1) is 5.56 Å². The van der Waals surface area contributed by atoms with Gasteiger partial charge in [0.15, 0.2) is 5.78 Å². The zero-order valence-corrected chi connectivity index (χ0v) is 13.2. The number of aromatic hydroxyl groups is 3. The van der Waals surface area contributed by atoms with E-state index in [1.54, 1.807) is 12.1 Å². The highest BCUT2D eigenvalue weighted by molar-refractivity contribution is 6.27. The van der Waals surface area contributed by atoms with Crippen molar-refractivity contribution in [2.75, 3.05) is 0 Å². The second kappa shape index (κ2) is 5.35. The summed E-state index contributed by atoms with van der Waals surface area (Å²) >= 11 is 0. The van der Waals surface area contributed by atoms with Crippen LogP contribution in [0.2, 0.25) is 0 Å². The van der Waals surface area contributed by atoms with Gasteiger partial charge in [-0.3, -0.25) is 4.79 Å². The fraction of sp³-hybridized carbons (Fsp3) is 0. The molecule has 0 radical (unpaired) electrons. The van der Waals surface area contributed by atoms with E-state index in [1.165, 1.54) is 24.3 Å². The van der Waals surface area contributed by atoms with Crippen LogP contribution in [0.15, 0.2) is 48.5 Å². The Kier molecular flexibility index (Phi) is 3.23. The molecule has 0 atom stereocenters. The fourth-order valence-corrected chi connectivity index (χ4v) is 3.30. The Balaban J connectivity index is 2.06. The Morgan fingerprint density at radius 1 is 0.692 bits per heavy atom. The van der Waals surface area contributed by atoms with Gasteiger partial charge < -0.3 is 20.4 Å². The topological polar surface area (TPSA) is 115 Å². The van der Waals surface area contributed by atoms with Gasteiger partial charge in [-0.05, 0) is 47.9 Å². The second-order valence-electron chi connectivity index (χ2n) is 5.98. The molecular weight excluding hydrogens is 336 g/mol. The Morgan fingerprint density at radius 2 is 1.42 bits per heavy atom. The monoisotopic (exact) mass is 348 g/mol. The maximum atomic E-state index is 13.1. The molecule has 5 rings (SSSR count). The highest BCUT2D eigenvalue weighted by atomic mass is 16.4. The Morgan fingerprint density at radius 3 is 2.12 bits per heavy atom. The number of aromatic carboxylic acids is 1. The van der Waals surface area contributed by atoms with Crippen LogP contribution in [0.1, 0.15) is 26.3 Å². The van der Waals surface area contributed by atoms with Gasteiger partial charge in [0.25, 0.3) is 0 Å². The molecule has 26 heavy (non-hydrogen) atoms. The predicted molar refractivity (Wildman–Crippen MR) is 94.5 cm³/mol. The zero-order valence-electron chi connectivity index (χ0n) is 13.2. The molecular formula is C20H12O6. The lowest BCUT2D eigenvalue weighted by Crippen LogP contribution is -2.10. The molecule has 0 saturated heterocycles. The first kappa shape index (κ1) is 15.7. The normalized spacial score (nSPS) is 11.2. The molecule has 6 nitrogen and oxygen atoms in total. The first-order chi connectivity index (χ1) is 12.4. The summed E-state index contributed by atoms with van der Waals surface area (Å²) < 4.78 is 0. The fourth-order valence-electron chi connectivity index (χ4n) is 3.30. The van der Waals surface area contributed by atoms with Crippen molar-refractivity contribution in [3.05, 3.63) is 65.2 Å². The molecule has 4 N–H and O–H groups in total. The van der Waals surface area contributed by atoms with E-state index in [0.717, 1.165) is 12.1 Å². The molecule has 0 aromatic heterocycles. The summed E-state index contributed by atoms with van der Waals surface area (Å²) in [4.78, 5) is 24.5. The number of hydrogen-bond acceptors (Lipinski definition) is 5. The van der Waals surface area contributed by atoms with E-state index in [2.05, 4.69) is 0 Å². The molecule has 0 fully saturated rings. The lowest BCUT2D eigenvalue weighted by atomic mass is 9.89. The molecule has 0 aliphatic rings. The van der Waals surface area contributed by atoms with E-state index in [0.29, 0.717) is 21.5 Å². The van der Waals surface area contributed by atoms with Crippen molar-refractivity contribution < 1.29 is 30.0 Å². The van der Waals surface area contributed by atoms with Crippen LogP contribution in [-0.2, 0) is 0 Å². The van der Waals surface area contributed by atoms with Gasteiger partial charge in [0, 0.05) is 27.3 Å². The molecule has 0 unspecified atom stereocenters. The van der Waals surface area contributed by atoms with Crippen molar-refractivity contribution in [2.45, 2.75) is 0 Å². The number of rotatable bonds is 3. The van der Waals surface area contributed by atoms with Gasteiger partial charge >= 0.3 is 5.97 Å². The van der Waals surface area contributed by atoms with Crippen LogP contribution >= 0.6 is 0 Å². The summed E-state index contributed by atoms with van der Waals surface area (Å²) in [6, 6.07) is 11.0. The van der Waals surface area contributed by atoms with Gasteiger partial charge in [0.2, 0.25) is 0 Å². The number of fused-ring (bicyclic) bond motifs is 2. The minimum atomic E-state index is -1.30. The zero-order chi connectivity index (χ0) is 18.6. The Hall–Kier alpha value is -3.80. The van der Waals surface area contributed by atoms with Gasteiger partial charge in [-0.1, -0.05) is 6.07 Å². The van der Waals surface area contributed by atoms with Crippen molar-refractivity contribution in [2.24, 2.45) is 0 Å². The molecule has 5 aromatic rings. The smallest absolute Gasteiger partial charge is 0.336 e. The molecule has 2 bridgehead atoms. The predicted octanol–water partition coefficient (Wildman–Crippen LogP) is 3.48. The van der Waals surface area contributed by atoms with Crippen LogP contribution in [0.5, 0.6) is 17.2 Å². The molecule has 0 saturated carbocycles. The Labute approximate surface area is 146 Å². The van der Waals surface area contributed by atoms with Crippen LogP contribution in [0, 0.1) is 0 Å². The first-order valence-corrected chi connectivity index (χ1v) is 7.69. The average Bonchev–Trinajstić information content (AvgIpc) is 2.61. The molecule has 5 aromatic carbocycles. The van der Waals surface area contributed by atoms with Crippen LogP contribution in [0.3, 0.4) is 0 Å². The summed E-state index contributed by atoms with van der Waals surface area (Å²) in [5.74, 6) is -2.25. The van der Waals surface area contributed by atoms with Crippen LogP contribution in [0.4, 0.5) is 0 Å². The van der Waals surface area contributed by atoms with E-state index < -0.39 is 11.8 Å².